The number of aryl methyl sites for hydroxylation is 1. The first-order chi connectivity index (χ1) is 8.81. The summed E-state index contributed by atoms with van der Waals surface area (Å²) >= 11 is 0. The van der Waals surface area contributed by atoms with Crippen LogP contribution in [-0.4, -0.2) is 23.0 Å². The van der Waals surface area contributed by atoms with E-state index in [9.17, 15) is 0 Å². The van der Waals surface area contributed by atoms with E-state index in [-0.39, 0.29) is 6.04 Å². The highest BCUT2D eigenvalue weighted by atomic mass is 16.5. The molecule has 18 heavy (non-hydrogen) atoms. The van der Waals surface area contributed by atoms with Crippen LogP contribution < -0.4 is 11.3 Å². The first-order valence-electron chi connectivity index (χ1n) is 6.26. The van der Waals surface area contributed by atoms with Crippen molar-refractivity contribution in [1.82, 2.24) is 15.2 Å². The summed E-state index contributed by atoms with van der Waals surface area (Å²) in [6, 6.07) is 8.28. The standard InChI is InChI=1S/C13H18N4O/c1-17-11-5-3-2-4-10(11)13(16-17)12(15-14)9-6-7-18-8-9/h2-5,9,12,15H,6-8,14H2,1H3. The van der Waals surface area contributed by atoms with Crippen molar-refractivity contribution in [1.29, 1.82) is 0 Å². The van der Waals surface area contributed by atoms with Crippen LogP contribution in [0.4, 0.5) is 0 Å². The predicted molar refractivity (Wildman–Crippen MR) is 69.7 cm³/mol. The SMILES string of the molecule is Cn1nc(C(NN)C2CCOC2)c2ccccc21. The number of ether oxygens (including phenoxy) is 1. The van der Waals surface area contributed by atoms with Crippen LogP contribution in [0.2, 0.25) is 0 Å². The van der Waals surface area contributed by atoms with Crippen LogP contribution in [-0.2, 0) is 11.8 Å². The Balaban J connectivity index is 2.06. The molecule has 2 heterocycles. The summed E-state index contributed by atoms with van der Waals surface area (Å²) in [7, 11) is 1.96. The number of hydrazine groups is 1. The molecule has 0 amide bonds. The van der Waals surface area contributed by atoms with E-state index in [0.29, 0.717) is 5.92 Å². The maximum atomic E-state index is 5.73. The van der Waals surface area contributed by atoms with Gasteiger partial charge in [-0.1, -0.05) is 18.2 Å². The molecule has 1 aliphatic rings. The van der Waals surface area contributed by atoms with Crippen molar-refractivity contribution in [3.05, 3.63) is 30.0 Å². The molecule has 0 spiro atoms. The van der Waals surface area contributed by atoms with Gasteiger partial charge in [0.25, 0.3) is 0 Å². The highest BCUT2D eigenvalue weighted by molar-refractivity contribution is 5.82. The van der Waals surface area contributed by atoms with E-state index in [4.69, 9.17) is 10.6 Å². The Hall–Kier alpha value is -1.43. The van der Waals surface area contributed by atoms with Crippen LogP contribution in [0.25, 0.3) is 10.9 Å². The Labute approximate surface area is 106 Å². The monoisotopic (exact) mass is 246 g/mol. The Kier molecular flexibility index (Phi) is 3.03. The lowest BCUT2D eigenvalue weighted by Crippen LogP contribution is -2.34. The number of nitrogens with one attached hydrogen (secondary N) is 1. The molecule has 1 fully saturated rings. The van der Waals surface area contributed by atoms with E-state index in [1.807, 2.05) is 23.9 Å². The predicted octanol–water partition coefficient (Wildman–Crippen LogP) is 1.11. The van der Waals surface area contributed by atoms with E-state index in [0.717, 1.165) is 36.2 Å². The zero-order valence-electron chi connectivity index (χ0n) is 10.5. The van der Waals surface area contributed by atoms with Crippen molar-refractivity contribution in [3.63, 3.8) is 0 Å². The van der Waals surface area contributed by atoms with Gasteiger partial charge in [0.2, 0.25) is 0 Å². The molecule has 0 radical (unpaired) electrons. The van der Waals surface area contributed by atoms with Crippen molar-refractivity contribution < 1.29 is 4.74 Å². The molecule has 5 nitrogen and oxygen atoms in total. The number of hydrogen-bond donors (Lipinski definition) is 2. The fraction of sp³-hybridized carbons (Fsp3) is 0.462. The number of fused-ring (bicyclic) bond motifs is 1. The Morgan fingerprint density at radius 1 is 1.50 bits per heavy atom. The summed E-state index contributed by atoms with van der Waals surface area (Å²) in [5.74, 6) is 6.13. The molecular weight excluding hydrogens is 228 g/mol. The Bertz CT molecular complexity index is 545. The summed E-state index contributed by atoms with van der Waals surface area (Å²) in [5.41, 5.74) is 5.06. The summed E-state index contributed by atoms with van der Waals surface area (Å²) in [5, 5.41) is 5.79. The number of hydrogen-bond acceptors (Lipinski definition) is 4. The molecule has 5 heteroatoms. The van der Waals surface area contributed by atoms with Crippen molar-refractivity contribution >= 4 is 10.9 Å². The lowest BCUT2D eigenvalue weighted by atomic mass is 9.95. The summed E-state index contributed by atoms with van der Waals surface area (Å²) in [4.78, 5) is 0. The van der Waals surface area contributed by atoms with Gasteiger partial charge in [-0.3, -0.25) is 16.0 Å². The fourth-order valence-corrected chi connectivity index (χ4v) is 2.73. The Morgan fingerprint density at radius 2 is 2.33 bits per heavy atom. The number of nitrogens with zero attached hydrogens (tertiary/aromatic N) is 2. The van der Waals surface area contributed by atoms with E-state index in [1.165, 1.54) is 0 Å². The van der Waals surface area contributed by atoms with Crippen LogP contribution >= 0.6 is 0 Å². The number of para-hydroxylation sites is 1. The minimum atomic E-state index is 0.0543. The van der Waals surface area contributed by atoms with Crippen molar-refractivity contribution in [3.8, 4) is 0 Å². The van der Waals surface area contributed by atoms with E-state index in [2.05, 4.69) is 22.7 Å². The first-order valence-corrected chi connectivity index (χ1v) is 6.26. The molecule has 2 unspecified atom stereocenters. The van der Waals surface area contributed by atoms with Crippen molar-refractivity contribution in [2.45, 2.75) is 12.5 Å². The van der Waals surface area contributed by atoms with Crippen molar-refractivity contribution in [2.24, 2.45) is 18.8 Å². The zero-order valence-corrected chi connectivity index (χ0v) is 10.5. The van der Waals surface area contributed by atoms with Gasteiger partial charge in [-0.05, 0) is 12.5 Å². The van der Waals surface area contributed by atoms with E-state index < -0.39 is 0 Å². The smallest absolute Gasteiger partial charge is 0.0889 e. The maximum absolute atomic E-state index is 5.73. The molecule has 96 valence electrons. The van der Waals surface area contributed by atoms with Gasteiger partial charge in [-0.2, -0.15) is 5.10 Å². The largest absolute Gasteiger partial charge is 0.381 e. The minimum absolute atomic E-state index is 0.0543. The molecule has 2 aromatic rings. The molecule has 0 bridgehead atoms. The molecule has 1 saturated heterocycles. The zero-order chi connectivity index (χ0) is 12.5. The van der Waals surface area contributed by atoms with Gasteiger partial charge in [-0.15, -0.1) is 0 Å². The number of rotatable bonds is 3. The number of aromatic nitrogens is 2. The van der Waals surface area contributed by atoms with Crippen LogP contribution in [0.5, 0.6) is 0 Å². The van der Waals surface area contributed by atoms with Crippen LogP contribution in [0.3, 0.4) is 0 Å². The second-order valence-electron chi connectivity index (χ2n) is 4.79. The Morgan fingerprint density at radius 3 is 3.06 bits per heavy atom. The molecule has 0 saturated carbocycles. The topological polar surface area (TPSA) is 65.1 Å². The minimum Gasteiger partial charge on any atom is -0.381 e. The lowest BCUT2D eigenvalue weighted by molar-refractivity contribution is 0.176. The molecular formula is C13H18N4O. The third-order valence-electron chi connectivity index (χ3n) is 3.70. The van der Waals surface area contributed by atoms with Crippen molar-refractivity contribution in [2.75, 3.05) is 13.2 Å². The average Bonchev–Trinajstić information content (AvgIpc) is 3.01. The third kappa shape index (κ3) is 1.80. The highest BCUT2D eigenvalue weighted by Crippen LogP contribution is 2.31. The summed E-state index contributed by atoms with van der Waals surface area (Å²) in [6.45, 7) is 1.56. The lowest BCUT2D eigenvalue weighted by Gasteiger charge is -2.19. The van der Waals surface area contributed by atoms with Gasteiger partial charge in [-0.25, -0.2) is 0 Å². The van der Waals surface area contributed by atoms with Gasteiger partial charge in [0.15, 0.2) is 0 Å². The fourth-order valence-electron chi connectivity index (χ4n) is 2.73. The highest BCUT2D eigenvalue weighted by Gasteiger charge is 2.29. The molecule has 3 rings (SSSR count). The van der Waals surface area contributed by atoms with E-state index >= 15 is 0 Å². The molecule has 3 N–H and O–H groups in total. The van der Waals surface area contributed by atoms with Gasteiger partial charge >= 0.3 is 0 Å². The van der Waals surface area contributed by atoms with Gasteiger partial charge in [0.1, 0.15) is 0 Å². The summed E-state index contributed by atoms with van der Waals surface area (Å²) in [6.07, 6.45) is 1.03. The third-order valence-corrected chi connectivity index (χ3v) is 3.70. The van der Waals surface area contributed by atoms with Gasteiger partial charge in [0, 0.05) is 25.0 Å². The van der Waals surface area contributed by atoms with Crippen LogP contribution in [0.1, 0.15) is 18.2 Å². The first kappa shape index (κ1) is 11.6. The van der Waals surface area contributed by atoms with Gasteiger partial charge in [0.05, 0.1) is 23.9 Å². The van der Waals surface area contributed by atoms with Crippen LogP contribution in [0, 0.1) is 5.92 Å². The second-order valence-corrected chi connectivity index (χ2v) is 4.79. The quantitative estimate of drug-likeness (QED) is 0.629. The molecule has 2 atom stereocenters. The van der Waals surface area contributed by atoms with Crippen LogP contribution in [0.15, 0.2) is 24.3 Å². The number of benzene rings is 1. The molecule has 1 aliphatic heterocycles. The van der Waals surface area contributed by atoms with Gasteiger partial charge < -0.3 is 4.74 Å². The average molecular weight is 246 g/mol. The second kappa shape index (κ2) is 4.68. The molecule has 1 aromatic heterocycles. The molecule has 0 aliphatic carbocycles. The number of nitrogens with two attached hydrogens (primary N) is 1. The van der Waals surface area contributed by atoms with E-state index in [1.54, 1.807) is 0 Å². The molecule has 1 aromatic carbocycles. The normalized spacial score (nSPS) is 21.6. The summed E-state index contributed by atoms with van der Waals surface area (Å²) < 4.78 is 7.36. The maximum Gasteiger partial charge on any atom is 0.0889 e.